The minimum atomic E-state index is -0.550. The van der Waals surface area contributed by atoms with Gasteiger partial charge in [0.2, 0.25) is 0 Å². The first-order chi connectivity index (χ1) is 58.0. The Morgan fingerprint density at radius 1 is 0.203 bits per heavy atom. The van der Waals surface area contributed by atoms with Crippen LogP contribution in [-0.4, -0.2) is 78.0 Å². The lowest BCUT2D eigenvalue weighted by Crippen LogP contribution is -2.10. The highest BCUT2D eigenvalue weighted by molar-refractivity contribution is 6.28. The highest BCUT2D eigenvalue weighted by Gasteiger charge is 2.26. The van der Waals surface area contributed by atoms with E-state index < -0.39 is 11.9 Å². The third kappa shape index (κ3) is 25.7. The van der Waals surface area contributed by atoms with E-state index in [1.807, 2.05) is 24.3 Å². The van der Waals surface area contributed by atoms with Crippen molar-refractivity contribution >= 4 is 76.6 Å². The van der Waals surface area contributed by atoms with E-state index >= 15 is 0 Å². The Balaban J connectivity index is 0.945. The third-order valence-corrected chi connectivity index (χ3v) is 21.4. The second kappa shape index (κ2) is 49.3. The Morgan fingerprint density at radius 2 is 0.347 bits per heavy atom. The molecule has 0 atom stereocenters. The van der Waals surface area contributed by atoms with Crippen LogP contribution in [0.2, 0.25) is 0 Å². The summed E-state index contributed by atoms with van der Waals surface area (Å²) >= 11 is 0. The Labute approximate surface area is 703 Å². The minimum absolute atomic E-state index is 0.299. The fourth-order valence-electron chi connectivity index (χ4n) is 14.6. The normalized spacial score (nSPS) is 11.2. The van der Waals surface area contributed by atoms with Crippen molar-refractivity contribution in [1.82, 2.24) is 0 Å². The second-order valence-corrected chi connectivity index (χ2v) is 31.1. The van der Waals surface area contributed by atoms with E-state index in [2.05, 4.69) is 141 Å². The standard InChI is InChI=1S/C104H130O14/c1-11-21-33-53-107-91-63-79-81-65-93(109-55-35-23-13-3)97(113-59-39-27-17-7)69-85(81)89-73-101(99(115-61-41-29-19-9)71-87(89)83(79)67-95(91)111-57-37-25-15-5)117-103(105)77-49-45-75(46-50-77)43-31-32-44-76-47-51-78(52-48-76)104(106)118-102-74-90-86-70-98(114-60-40-28-18-8)94(110-56-36-24-14-4)66-82(86)80-64-92(108-54-34-22-12-2)96(112-58-38-26-16-6)68-84(80)88(90)72-100(102)116-62-42-30-20-10/h45-52,63-74H,11-30,33-42,53-62H2,1-10H3. The van der Waals surface area contributed by atoms with Crippen LogP contribution >= 0.6 is 0 Å². The average molecular weight is 1600 g/mol. The molecule has 630 valence electrons. The van der Waals surface area contributed by atoms with Crippen molar-refractivity contribution in [2.45, 2.75) is 262 Å². The maximum Gasteiger partial charge on any atom is 0.343 e. The summed E-state index contributed by atoms with van der Waals surface area (Å²) in [5, 5.41) is 11.1. The largest absolute Gasteiger partial charge is 0.490 e. The molecule has 14 nitrogen and oxygen atoms in total. The fourth-order valence-corrected chi connectivity index (χ4v) is 14.6. The van der Waals surface area contributed by atoms with Gasteiger partial charge < -0.3 is 56.8 Å². The minimum Gasteiger partial charge on any atom is -0.490 e. The predicted octanol–water partition coefficient (Wildman–Crippen LogP) is 28.1. The Morgan fingerprint density at radius 3 is 0.500 bits per heavy atom. The number of hydrogen-bond donors (Lipinski definition) is 0. The maximum atomic E-state index is 14.6. The highest BCUT2D eigenvalue weighted by Crippen LogP contribution is 2.50. The molecule has 14 heteroatoms. The lowest BCUT2D eigenvalue weighted by molar-refractivity contribution is 0.0719. The molecule has 118 heavy (non-hydrogen) atoms. The van der Waals surface area contributed by atoms with Gasteiger partial charge in [-0.15, -0.1) is 0 Å². The smallest absolute Gasteiger partial charge is 0.343 e. The number of fused-ring (bicyclic) bond motifs is 12. The molecule has 0 aliphatic heterocycles. The van der Waals surface area contributed by atoms with Gasteiger partial charge in [-0.3, -0.25) is 0 Å². The van der Waals surface area contributed by atoms with Gasteiger partial charge in [0, 0.05) is 11.1 Å². The number of unbranched alkanes of at least 4 members (excludes halogenated alkanes) is 20. The maximum absolute atomic E-state index is 14.6. The summed E-state index contributed by atoms with van der Waals surface area (Å²) in [6, 6.07) is 38.9. The van der Waals surface area contributed by atoms with Crippen molar-refractivity contribution in [2.75, 3.05) is 66.1 Å². The zero-order chi connectivity index (χ0) is 83.1. The molecule has 0 bridgehead atoms. The van der Waals surface area contributed by atoms with Crippen LogP contribution in [0.15, 0.2) is 121 Å². The van der Waals surface area contributed by atoms with E-state index in [9.17, 15) is 9.59 Å². The highest BCUT2D eigenvalue weighted by atomic mass is 16.6. The lowest BCUT2D eigenvalue weighted by atomic mass is 9.93. The molecular formula is C104H130O14. The van der Waals surface area contributed by atoms with Crippen molar-refractivity contribution < 1.29 is 66.4 Å². The second-order valence-electron chi connectivity index (χ2n) is 31.1. The molecule has 0 amide bonds. The summed E-state index contributed by atoms with van der Waals surface area (Å²) < 4.78 is 79.4. The zero-order valence-electron chi connectivity index (χ0n) is 72.5. The van der Waals surface area contributed by atoms with Gasteiger partial charge in [-0.1, -0.05) is 209 Å². The first-order valence-corrected chi connectivity index (χ1v) is 45.0. The molecule has 10 aromatic rings. The Kier molecular flexibility index (Phi) is 37.6. The number of ether oxygens (including phenoxy) is 12. The molecule has 0 aliphatic rings. The lowest BCUT2D eigenvalue weighted by Gasteiger charge is -2.20. The van der Waals surface area contributed by atoms with Crippen LogP contribution in [0.25, 0.3) is 64.6 Å². The van der Waals surface area contributed by atoms with Gasteiger partial charge >= 0.3 is 11.9 Å². The van der Waals surface area contributed by atoms with Crippen molar-refractivity contribution in [3.8, 4) is 92.7 Å². The first-order valence-electron chi connectivity index (χ1n) is 45.0. The van der Waals surface area contributed by atoms with Crippen molar-refractivity contribution in [2.24, 2.45) is 0 Å². The number of rotatable bonds is 54. The predicted molar refractivity (Wildman–Crippen MR) is 485 cm³/mol. The van der Waals surface area contributed by atoms with Crippen LogP contribution in [0, 0.1) is 23.7 Å². The summed E-state index contributed by atoms with van der Waals surface area (Å²) in [6.07, 6.45) is 30.1. The van der Waals surface area contributed by atoms with Crippen LogP contribution in [0.5, 0.6) is 69.0 Å². The Bertz CT molecular complexity index is 4570. The van der Waals surface area contributed by atoms with Crippen LogP contribution in [0.3, 0.4) is 0 Å². The molecule has 0 heterocycles. The van der Waals surface area contributed by atoms with Crippen molar-refractivity contribution in [3.05, 3.63) is 144 Å². The van der Waals surface area contributed by atoms with Gasteiger partial charge in [-0.2, -0.15) is 0 Å². The van der Waals surface area contributed by atoms with E-state index in [1.54, 1.807) is 48.5 Å². The average Bonchev–Trinajstić information content (AvgIpc) is 0.730. The van der Waals surface area contributed by atoms with Gasteiger partial charge in [-0.05, 0) is 262 Å². The van der Waals surface area contributed by atoms with E-state index in [4.69, 9.17) is 56.8 Å². The quantitative estimate of drug-likeness (QED) is 0.0117. The number of benzene rings is 10. The van der Waals surface area contributed by atoms with Crippen LogP contribution in [0.4, 0.5) is 0 Å². The molecule has 0 aromatic heterocycles. The number of carbonyl (C=O) groups is 2. The monoisotopic (exact) mass is 1600 g/mol. The van der Waals surface area contributed by atoms with Gasteiger partial charge in [0.15, 0.2) is 69.0 Å². The molecule has 0 N–H and O–H groups in total. The molecule has 10 rings (SSSR count). The number of hydrogen-bond acceptors (Lipinski definition) is 14. The van der Waals surface area contributed by atoms with Crippen LogP contribution in [0.1, 0.15) is 294 Å². The molecular weight excluding hydrogens is 1470 g/mol. The van der Waals surface area contributed by atoms with Crippen LogP contribution < -0.4 is 56.8 Å². The van der Waals surface area contributed by atoms with Gasteiger partial charge in [-0.25, -0.2) is 9.59 Å². The summed E-state index contributed by atoms with van der Waals surface area (Å²) in [5.41, 5.74) is 1.98. The summed E-state index contributed by atoms with van der Waals surface area (Å²) in [4.78, 5) is 29.1. The van der Waals surface area contributed by atoms with Gasteiger partial charge in [0.1, 0.15) is 0 Å². The molecule has 0 unspecified atom stereocenters. The molecule has 0 radical (unpaired) electrons. The summed E-state index contributed by atoms with van der Waals surface area (Å²) in [5.74, 6) is 18.2. The molecule has 0 saturated heterocycles. The topological polar surface area (TPSA) is 145 Å². The van der Waals surface area contributed by atoms with E-state index in [-0.39, 0.29) is 0 Å². The number of carbonyl (C=O) groups excluding carboxylic acids is 2. The molecule has 0 fully saturated rings. The molecule has 0 spiro atoms. The third-order valence-electron chi connectivity index (χ3n) is 21.4. The Hall–Kier alpha value is -10.2. The number of esters is 2. The summed E-state index contributed by atoms with van der Waals surface area (Å²) in [7, 11) is 0. The van der Waals surface area contributed by atoms with Gasteiger partial charge in [0.25, 0.3) is 0 Å². The van der Waals surface area contributed by atoms with Crippen molar-refractivity contribution in [1.29, 1.82) is 0 Å². The van der Waals surface area contributed by atoms with E-state index in [0.717, 1.165) is 257 Å². The SMILES string of the molecule is CCCCCOc1cc2c3cc(OCCCCC)c(OCCCCC)cc3c3cc(OC(=O)c4ccc(C#CC#Cc5ccc(C(=O)Oc6cc7c8cc(OCCCCC)c(OCCCCC)cc8c8cc(OCCCCC)c(OCCCCC)cc8c7cc6OCCCCC)cc5)cc4)c(OCCCCC)cc3c2cc1OCCCCC. The molecule has 0 aliphatic carbocycles. The zero-order valence-corrected chi connectivity index (χ0v) is 72.5. The first kappa shape index (κ1) is 90.2. The van der Waals surface area contributed by atoms with E-state index in [0.29, 0.717) is 157 Å². The van der Waals surface area contributed by atoms with E-state index in [1.165, 1.54) is 0 Å². The molecule has 10 aromatic carbocycles. The molecule has 0 saturated carbocycles. The fraction of sp³-hybridized carbons (Fsp3) is 0.481. The van der Waals surface area contributed by atoms with Crippen LogP contribution in [-0.2, 0) is 0 Å². The van der Waals surface area contributed by atoms with Gasteiger partial charge in [0.05, 0.1) is 77.2 Å². The van der Waals surface area contributed by atoms with Crippen molar-refractivity contribution in [3.63, 3.8) is 0 Å². The summed E-state index contributed by atoms with van der Waals surface area (Å²) in [6.45, 7) is 27.2.